The number of sulfonamides is 1. The summed E-state index contributed by atoms with van der Waals surface area (Å²) in [4.78, 5) is 29.8. The molecule has 0 aliphatic rings. The Kier molecular flexibility index (Phi) is 12.2. The Morgan fingerprint density at radius 2 is 1.50 bits per heavy atom. The number of rotatable bonds is 15. The molecule has 0 aliphatic carbocycles. The van der Waals surface area contributed by atoms with E-state index in [-0.39, 0.29) is 29.5 Å². The van der Waals surface area contributed by atoms with Crippen LogP contribution in [0.4, 0.5) is 5.69 Å². The summed E-state index contributed by atoms with van der Waals surface area (Å²) in [5.74, 6) is -0.556. The zero-order chi connectivity index (χ0) is 33.1. The lowest BCUT2D eigenvalue weighted by molar-refractivity contribution is -0.140. The van der Waals surface area contributed by atoms with Crippen molar-refractivity contribution in [2.24, 2.45) is 0 Å². The molecule has 0 saturated heterocycles. The number of anilines is 1. The second-order valence-electron chi connectivity index (χ2n) is 10.9. The summed E-state index contributed by atoms with van der Waals surface area (Å²) in [6.07, 6.45) is 0.946. The van der Waals surface area contributed by atoms with E-state index in [1.54, 1.807) is 67.6 Å². The van der Waals surface area contributed by atoms with Crippen LogP contribution < -0.4 is 14.4 Å². The Labute approximate surface area is 277 Å². The monoisotopic (exact) mass is 661 g/mol. The number of carbonyl (C=O) groups excluding carboxylic acids is 2. The number of para-hydroxylation sites is 2. The van der Waals surface area contributed by atoms with Crippen molar-refractivity contribution >= 4 is 39.1 Å². The molecule has 0 bridgehead atoms. The molecular formula is C36H40ClN3O5S. The Morgan fingerprint density at radius 3 is 2.15 bits per heavy atom. The summed E-state index contributed by atoms with van der Waals surface area (Å²) in [6.45, 7) is 5.84. The molecule has 0 fully saturated rings. The maximum Gasteiger partial charge on any atom is 0.264 e. The quantitative estimate of drug-likeness (QED) is 0.159. The van der Waals surface area contributed by atoms with Crippen molar-refractivity contribution in [3.8, 4) is 5.75 Å². The van der Waals surface area contributed by atoms with Gasteiger partial charge in [-0.25, -0.2) is 8.42 Å². The van der Waals surface area contributed by atoms with E-state index in [1.807, 2.05) is 44.2 Å². The van der Waals surface area contributed by atoms with Crippen LogP contribution in [0, 0.1) is 6.92 Å². The smallest absolute Gasteiger partial charge is 0.264 e. The highest BCUT2D eigenvalue weighted by molar-refractivity contribution is 7.92. The van der Waals surface area contributed by atoms with Gasteiger partial charge in [0.1, 0.15) is 18.3 Å². The van der Waals surface area contributed by atoms with Crippen LogP contribution >= 0.6 is 11.6 Å². The van der Waals surface area contributed by atoms with Crippen molar-refractivity contribution in [2.75, 3.05) is 24.0 Å². The number of carbonyl (C=O) groups is 2. The first-order valence-corrected chi connectivity index (χ1v) is 17.1. The molecule has 8 nitrogen and oxygen atoms in total. The second-order valence-corrected chi connectivity index (χ2v) is 13.2. The molecule has 4 aromatic rings. The topological polar surface area (TPSA) is 96.0 Å². The van der Waals surface area contributed by atoms with E-state index in [0.29, 0.717) is 30.3 Å². The Hall–Kier alpha value is -4.34. The number of amides is 2. The summed E-state index contributed by atoms with van der Waals surface area (Å²) in [6, 6.07) is 28.7. The molecule has 0 radical (unpaired) electrons. The molecule has 2 amide bonds. The van der Waals surface area contributed by atoms with Crippen molar-refractivity contribution in [2.45, 2.75) is 51.1 Å². The lowest BCUT2D eigenvalue weighted by atomic mass is 10.0. The van der Waals surface area contributed by atoms with Crippen LogP contribution in [-0.2, 0) is 32.6 Å². The van der Waals surface area contributed by atoms with E-state index < -0.39 is 28.5 Å². The zero-order valence-electron chi connectivity index (χ0n) is 26.4. The second kappa shape index (κ2) is 16.3. The van der Waals surface area contributed by atoms with Gasteiger partial charge in [0.05, 0.1) is 17.2 Å². The van der Waals surface area contributed by atoms with E-state index >= 15 is 0 Å². The van der Waals surface area contributed by atoms with Gasteiger partial charge in [-0.15, -0.1) is 0 Å². The van der Waals surface area contributed by atoms with Crippen LogP contribution in [0.3, 0.4) is 0 Å². The summed E-state index contributed by atoms with van der Waals surface area (Å²) in [5, 5.41) is 3.48. The summed E-state index contributed by atoms with van der Waals surface area (Å²) < 4.78 is 35.5. The highest BCUT2D eigenvalue weighted by Crippen LogP contribution is 2.33. The lowest BCUT2D eigenvalue weighted by Crippen LogP contribution is -2.53. The molecule has 4 rings (SSSR count). The van der Waals surface area contributed by atoms with Crippen LogP contribution in [0.15, 0.2) is 108 Å². The molecule has 4 aromatic carbocycles. The standard InChI is InChI=1S/C36H40ClN3O5S/c1-4-23-38-36(42)33(24-28-11-7-6-8-12-28)39(25-29-17-19-30(37)20-18-29)35(41)26-40(32-13-9-10-14-34(32)45-5-2)46(43,44)31-21-15-27(3)16-22-31/h6-22,33H,4-5,23-26H2,1-3H3,(H,38,42). The first-order valence-electron chi connectivity index (χ1n) is 15.3. The number of nitrogens with zero attached hydrogens (tertiary/aromatic N) is 2. The molecule has 0 saturated carbocycles. The fourth-order valence-corrected chi connectivity index (χ4v) is 6.55. The van der Waals surface area contributed by atoms with E-state index in [9.17, 15) is 18.0 Å². The number of aryl methyl sites for hydroxylation is 1. The van der Waals surface area contributed by atoms with Gasteiger partial charge in [-0.2, -0.15) is 0 Å². The summed E-state index contributed by atoms with van der Waals surface area (Å²) >= 11 is 6.15. The van der Waals surface area contributed by atoms with Crippen LogP contribution in [0.25, 0.3) is 0 Å². The van der Waals surface area contributed by atoms with Gasteiger partial charge < -0.3 is 15.0 Å². The Morgan fingerprint density at radius 1 is 0.848 bits per heavy atom. The molecule has 242 valence electrons. The normalized spacial score (nSPS) is 11.8. The first-order chi connectivity index (χ1) is 22.1. The van der Waals surface area contributed by atoms with Crippen molar-refractivity contribution in [3.05, 3.63) is 125 Å². The fourth-order valence-electron chi connectivity index (χ4n) is 5.00. The Balaban J connectivity index is 1.82. The number of benzene rings is 4. The first kappa shape index (κ1) is 34.5. The molecular weight excluding hydrogens is 622 g/mol. The largest absolute Gasteiger partial charge is 0.492 e. The molecule has 1 N–H and O–H groups in total. The number of hydrogen-bond donors (Lipinski definition) is 1. The fraction of sp³-hybridized carbons (Fsp3) is 0.278. The number of ether oxygens (including phenoxy) is 1. The molecule has 0 aromatic heterocycles. The van der Waals surface area contributed by atoms with Gasteiger partial charge in [-0.3, -0.25) is 13.9 Å². The third-order valence-electron chi connectivity index (χ3n) is 7.41. The van der Waals surface area contributed by atoms with Gasteiger partial charge in [0.25, 0.3) is 10.0 Å². The van der Waals surface area contributed by atoms with Crippen molar-refractivity contribution < 1.29 is 22.7 Å². The third-order valence-corrected chi connectivity index (χ3v) is 9.43. The highest BCUT2D eigenvalue weighted by Gasteiger charge is 2.35. The maximum atomic E-state index is 14.6. The average molecular weight is 662 g/mol. The molecule has 0 aliphatic heterocycles. The van der Waals surface area contributed by atoms with Crippen LogP contribution in [-0.4, -0.2) is 50.9 Å². The summed E-state index contributed by atoms with van der Waals surface area (Å²) in [7, 11) is -4.25. The zero-order valence-corrected chi connectivity index (χ0v) is 27.9. The molecule has 0 spiro atoms. The van der Waals surface area contributed by atoms with E-state index in [2.05, 4.69) is 5.32 Å². The van der Waals surface area contributed by atoms with Gasteiger partial charge in [0.15, 0.2) is 0 Å². The van der Waals surface area contributed by atoms with Crippen LogP contribution in [0.2, 0.25) is 5.02 Å². The van der Waals surface area contributed by atoms with Crippen LogP contribution in [0.1, 0.15) is 37.0 Å². The summed E-state index contributed by atoms with van der Waals surface area (Å²) in [5.41, 5.74) is 2.72. The SMILES string of the molecule is CCCNC(=O)C(Cc1ccccc1)N(Cc1ccc(Cl)cc1)C(=O)CN(c1ccccc1OCC)S(=O)(=O)c1ccc(C)cc1. The number of halogens is 1. The molecule has 1 unspecified atom stereocenters. The minimum Gasteiger partial charge on any atom is -0.492 e. The Bertz CT molecular complexity index is 1700. The maximum absolute atomic E-state index is 14.6. The minimum atomic E-state index is -4.25. The third kappa shape index (κ3) is 8.89. The molecule has 10 heteroatoms. The molecule has 1 atom stereocenters. The van der Waals surface area contributed by atoms with Gasteiger partial charge in [0.2, 0.25) is 11.8 Å². The predicted molar refractivity (Wildman–Crippen MR) is 183 cm³/mol. The lowest BCUT2D eigenvalue weighted by Gasteiger charge is -2.34. The predicted octanol–water partition coefficient (Wildman–Crippen LogP) is 6.41. The van der Waals surface area contributed by atoms with Crippen molar-refractivity contribution in [3.63, 3.8) is 0 Å². The van der Waals surface area contributed by atoms with Gasteiger partial charge in [-0.1, -0.05) is 90.8 Å². The number of hydrogen-bond acceptors (Lipinski definition) is 5. The average Bonchev–Trinajstić information content (AvgIpc) is 3.06. The van der Waals surface area contributed by atoms with Gasteiger partial charge >= 0.3 is 0 Å². The van der Waals surface area contributed by atoms with E-state index in [4.69, 9.17) is 16.3 Å². The van der Waals surface area contributed by atoms with Crippen molar-refractivity contribution in [1.29, 1.82) is 0 Å². The van der Waals surface area contributed by atoms with E-state index in [1.165, 1.54) is 17.0 Å². The van der Waals surface area contributed by atoms with Crippen molar-refractivity contribution in [1.82, 2.24) is 10.2 Å². The molecule has 46 heavy (non-hydrogen) atoms. The molecule has 0 heterocycles. The van der Waals surface area contributed by atoms with E-state index in [0.717, 1.165) is 21.0 Å². The van der Waals surface area contributed by atoms with Gasteiger partial charge in [0, 0.05) is 24.5 Å². The number of nitrogens with one attached hydrogen (secondary N) is 1. The highest BCUT2D eigenvalue weighted by atomic mass is 35.5. The van der Waals surface area contributed by atoms with Crippen LogP contribution in [0.5, 0.6) is 5.75 Å². The van der Waals surface area contributed by atoms with Gasteiger partial charge in [-0.05, 0) is 67.8 Å². The minimum absolute atomic E-state index is 0.0305.